The van der Waals surface area contributed by atoms with Crippen molar-refractivity contribution >= 4 is 12.0 Å². The van der Waals surface area contributed by atoms with Crippen molar-refractivity contribution in [1.82, 2.24) is 0 Å². The van der Waals surface area contributed by atoms with Gasteiger partial charge in [-0.2, -0.15) is 0 Å². The van der Waals surface area contributed by atoms with Gasteiger partial charge in [-0.3, -0.25) is 4.79 Å². The highest BCUT2D eigenvalue weighted by Crippen LogP contribution is 2.72. The van der Waals surface area contributed by atoms with E-state index in [1.807, 2.05) is 18.2 Å². The van der Waals surface area contributed by atoms with Crippen LogP contribution in [0.4, 0.5) is 0 Å². The normalized spacial score (nSPS) is 30.5. The van der Waals surface area contributed by atoms with Crippen LogP contribution in [0.5, 0.6) is 0 Å². The number of carbonyl (C=O) groups excluding carboxylic acids is 1. The van der Waals surface area contributed by atoms with Crippen LogP contribution in [0.25, 0.3) is 6.08 Å². The molecule has 0 aliphatic heterocycles. The summed E-state index contributed by atoms with van der Waals surface area (Å²) in [4.78, 5) is 12.7. The lowest BCUT2D eigenvalue weighted by molar-refractivity contribution is -0.145. The van der Waals surface area contributed by atoms with Gasteiger partial charge >= 0.3 is 5.97 Å². The van der Waals surface area contributed by atoms with Gasteiger partial charge in [-0.05, 0) is 34.9 Å². The molecule has 0 heterocycles. The Morgan fingerprint density at radius 3 is 2.46 bits per heavy atom. The highest BCUT2D eigenvalue weighted by Gasteiger charge is 2.70. The van der Waals surface area contributed by atoms with Gasteiger partial charge < -0.3 is 4.74 Å². The zero-order valence-electron chi connectivity index (χ0n) is 14.1. The minimum absolute atomic E-state index is 0.103. The van der Waals surface area contributed by atoms with E-state index in [0.29, 0.717) is 11.8 Å². The Hall–Kier alpha value is -2.35. The van der Waals surface area contributed by atoms with E-state index >= 15 is 0 Å². The summed E-state index contributed by atoms with van der Waals surface area (Å²) in [5, 5.41) is 0. The Bertz CT molecular complexity index is 793. The third kappa shape index (κ3) is 2.13. The third-order valence-electron chi connectivity index (χ3n) is 5.78. The zero-order chi connectivity index (χ0) is 16.7. The summed E-state index contributed by atoms with van der Waals surface area (Å²) >= 11 is 0. The number of carbonyl (C=O) groups is 1. The molecular formula is C22H22O2. The van der Waals surface area contributed by atoms with Crippen LogP contribution in [0.1, 0.15) is 41.9 Å². The maximum Gasteiger partial charge on any atom is 0.316 e. The predicted octanol–water partition coefficient (Wildman–Crippen LogP) is 4.78. The highest BCUT2D eigenvalue weighted by atomic mass is 16.5. The Kier molecular flexibility index (Phi) is 3.56. The quantitative estimate of drug-likeness (QED) is 0.761. The van der Waals surface area contributed by atoms with E-state index in [4.69, 9.17) is 4.74 Å². The summed E-state index contributed by atoms with van der Waals surface area (Å²) in [5.41, 5.74) is 3.32. The first-order valence-electron chi connectivity index (χ1n) is 8.60. The van der Waals surface area contributed by atoms with Crippen LogP contribution >= 0.6 is 0 Å². The lowest BCUT2D eigenvalue weighted by Crippen LogP contribution is -2.18. The summed E-state index contributed by atoms with van der Waals surface area (Å²) in [6.45, 7) is 2.26. The molecule has 0 radical (unpaired) electrons. The first kappa shape index (κ1) is 15.2. The van der Waals surface area contributed by atoms with Crippen LogP contribution in [0.3, 0.4) is 0 Å². The molecule has 2 aromatic rings. The molecular weight excluding hydrogens is 296 g/mol. The van der Waals surface area contributed by atoms with Gasteiger partial charge in [-0.1, -0.05) is 73.7 Å². The topological polar surface area (TPSA) is 26.3 Å². The van der Waals surface area contributed by atoms with E-state index in [9.17, 15) is 4.79 Å². The number of fused-ring (bicyclic) bond motifs is 3. The minimum Gasteiger partial charge on any atom is -0.468 e. The van der Waals surface area contributed by atoms with Gasteiger partial charge in [0.1, 0.15) is 0 Å². The number of hydrogen-bond acceptors (Lipinski definition) is 2. The summed E-state index contributed by atoms with van der Waals surface area (Å²) in [5.74, 6) is 0.972. The van der Waals surface area contributed by atoms with E-state index in [1.54, 1.807) is 0 Å². The highest BCUT2D eigenvalue weighted by molar-refractivity contribution is 5.87. The lowest BCUT2D eigenvalue weighted by Gasteiger charge is -2.20. The summed E-state index contributed by atoms with van der Waals surface area (Å²) in [7, 11) is 1.50. The summed E-state index contributed by atoms with van der Waals surface area (Å²) in [6, 6.07) is 18.7. The zero-order valence-corrected chi connectivity index (χ0v) is 14.1. The molecule has 0 amide bonds. The van der Waals surface area contributed by atoms with Crippen molar-refractivity contribution in [3.05, 3.63) is 77.4 Å². The average Bonchev–Trinajstić information content (AvgIpc) is 3.29. The maximum absolute atomic E-state index is 12.7. The fraction of sp³-hybridized carbons (Fsp3) is 0.318. The SMILES string of the molecule is COC(=O)[C@@]1(/C=C/c2ccccc2)[C@@H]2c3ccccc3[C@@H](C)C[C@@H]21. The van der Waals surface area contributed by atoms with Gasteiger partial charge in [0.2, 0.25) is 0 Å². The molecule has 2 aliphatic carbocycles. The monoisotopic (exact) mass is 318 g/mol. The molecule has 0 N–H and O–H groups in total. The van der Waals surface area contributed by atoms with Crippen LogP contribution in [0.15, 0.2) is 60.7 Å². The van der Waals surface area contributed by atoms with Gasteiger partial charge in [0.15, 0.2) is 0 Å². The summed E-state index contributed by atoms with van der Waals surface area (Å²) < 4.78 is 5.22. The van der Waals surface area contributed by atoms with E-state index in [-0.39, 0.29) is 11.9 Å². The molecule has 0 saturated heterocycles. The molecule has 2 heteroatoms. The van der Waals surface area contributed by atoms with Crippen molar-refractivity contribution in [2.24, 2.45) is 11.3 Å². The third-order valence-corrected chi connectivity index (χ3v) is 5.78. The van der Waals surface area contributed by atoms with E-state index in [1.165, 1.54) is 18.2 Å². The molecule has 0 aromatic heterocycles. The number of esters is 1. The van der Waals surface area contributed by atoms with E-state index in [2.05, 4.69) is 55.5 Å². The van der Waals surface area contributed by atoms with Gasteiger partial charge in [0.05, 0.1) is 12.5 Å². The minimum atomic E-state index is -0.508. The fourth-order valence-electron chi connectivity index (χ4n) is 4.59. The van der Waals surface area contributed by atoms with Crippen LogP contribution in [-0.4, -0.2) is 13.1 Å². The largest absolute Gasteiger partial charge is 0.468 e. The molecule has 2 aromatic carbocycles. The Balaban J connectivity index is 1.76. The van der Waals surface area contributed by atoms with Crippen LogP contribution in [0.2, 0.25) is 0 Å². The van der Waals surface area contributed by atoms with Crippen LogP contribution in [0, 0.1) is 11.3 Å². The van der Waals surface area contributed by atoms with Gasteiger partial charge in [-0.15, -0.1) is 0 Å². The Morgan fingerprint density at radius 2 is 1.75 bits per heavy atom. The van der Waals surface area contributed by atoms with Crippen LogP contribution < -0.4 is 0 Å². The number of ether oxygens (including phenoxy) is 1. The van der Waals surface area contributed by atoms with Crippen molar-refractivity contribution in [3.63, 3.8) is 0 Å². The van der Waals surface area contributed by atoms with Crippen molar-refractivity contribution in [3.8, 4) is 0 Å². The Morgan fingerprint density at radius 1 is 1.08 bits per heavy atom. The molecule has 24 heavy (non-hydrogen) atoms. The maximum atomic E-state index is 12.7. The molecule has 1 fully saturated rings. The number of hydrogen-bond donors (Lipinski definition) is 0. The molecule has 4 atom stereocenters. The molecule has 4 rings (SSSR count). The van der Waals surface area contributed by atoms with Crippen LogP contribution in [-0.2, 0) is 9.53 Å². The first-order chi connectivity index (χ1) is 11.7. The second-order valence-electron chi connectivity index (χ2n) is 7.02. The van der Waals surface area contributed by atoms with Crippen molar-refractivity contribution in [1.29, 1.82) is 0 Å². The average molecular weight is 318 g/mol. The van der Waals surface area contributed by atoms with Gasteiger partial charge in [0, 0.05) is 5.92 Å². The molecule has 0 spiro atoms. The molecule has 0 bridgehead atoms. The van der Waals surface area contributed by atoms with E-state index in [0.717, 1.165) is 12.0 Å². The first-order valence-corrected chi connectivity index (χ1v) is 8.60. The number of methoxy groups -OCH3 is 1. The second kappa shape index (κ2) is 5.62. The Labute approximate surface area is 143 Å². The predicted molar refractivity (Wildman–Crippen MR) is 95.6 cm³/mol. The standard InChI is InChI=1S/C22H22O2/c1-15-14-19-20(18-11-7-6-10-17(15)18)22(19,21(23)24-2)13-12-16-8-4-3-5-9-16/h3-13,15,19-20H,14H2,1-2H3/b13-12+/t15-,19-,20+,22+/m0/s1. The molecule has 1 saturated carbocycles. The summed E-state index contributed by atoms with van der Waals surface area (Å²) in [6.07, 6.45) is 5.21. The van der Waals surface area contributed by atoms with E-state index < -0.39 is 5.41 Å². The number of rotatable bonds is 3. The molecule has 122 valence electrons. The van der Waals surface area contributed by atoms with Crippen molar-refractivity contribution < 1.29 is 9.53 Å². The fourth-order valence-corrected chi connectivity index (χ4v) is 4.59. The smallest absolute Gasteiger partial charge is 0.316 e. The molecule has 2 nitrogen and oxygen atoms in total. The lowest BCUT2D eigenvalue weighted by atomic mass is 9.84. The number of benzene rings is 2. The van der Waals surface area contributed by atoms with Crippen molar-refractivity contribution in [2.75, 3.05) is 7.11 Å². The second-order valence-corrected chi connectivity index (χ2v) is 7.02. The molecule has 0 unspecified atom stereocenters. The van der Waals surface area contributed by atoms with Gasteiger partial charge in [0.25, 0.3) is 0 Å². The molecule has 2 aliphatic rings. The van der Waals surface area contributed by atoms with Gasteiger partial charge in [-0.25, -0.2) is 0 Å². The van der Waals surface area contributed by atoms with Crippen molar-refractivity contribution in [2.45, 2.75) is 25.2 Å².